The summed E-state index contributed by atoms with van der Waals surface area (Å²) < 4.78 is 39.3. The van der Waals surface area contributed by atoms with Gasteiger partial charge in [0.1, 0.15) is 16.3 Å². The van der Waals surface area contributed by atoms with Crippen molar-refractivity contribution >= 4 is 35.0 Å². The maximum absolute atomic E-state index is 13.2. The summed E-state index contributed by atoms with van der Waals surface area (Å²) in [4.78, 5) is 17.6. The van der Waals surface area contributed by atoms with Crippen LogP contribution < -0.4 is 5.32 Å². The quantitative estimate of drug-likeness (QED) is 0.416. The normalized spacial score (nSPS) is 12.2. The molecular weight excluding hydrogens is 459 g/mol. The number of halogens is 4. The van der Waals surface area contributed by atoms with Crippen LogP contribution in [0.5, 0.6) is 0 Å². The van der Waals surface area contributed by atoms with E-state index >= 15 is 0 Å². The standard InChI is InChI=1S/C23H17ClF3N3OS/c1-13-10-14(2)29-22(17(13)12-28)32-20(15-6-4-3-5-7-15)21(31)30-19-11-16(23(25,26)27)8-9-18(19)24/h3-11,20H,1-2H3,(H,30,31)/t20-/m0/s1. The third-order valence-electron chi connectivity index (χ3n) is 4.54. The van der Waals surface area contributed by atoms with Crippen LogP contribution in [0, 0.1) is 25.2 Å². The first-order valence-electron chi connectivity index (χ1n) is 9.37. The van der Waals surface area contributed by atoms with Crippen LogP contribution in [-0.4, -0.2) is 10.9 Å². The van der Waals surface area contributed by atoms with Crippen molar-refractivity contribution in [2.45, 2.75) is 30.3 Å². The largest absolute Gasteiger partial charge is 0.416 e. The second-order valence-corrected chi connectivity index (χ2v) is 8.46. The molecule has 164 valence electrons. The highest BCUT2D eigenvalue weighted by Gasteiger charge is 2.32. The van der Waals surface area contributed by atoms with Crippen molar-refractivity contribution < 1.29 is 18.0 Å². The van der Waals surface area contributed by atoms with Gasteiger partial charge in [0.05, 0.1) is 21.8 Å². The van der Waals surface area contributed by atoms with Crippen LogP contribution in [0.1, 0.15) is 33.2 Å². The number of benzene rings is 2. The number of hydrogen-bond donors (Lipinski definition) is 1. The van der Waals surface area contributed by atoms with Crippen LogP contribution in [0.25, 0.3) is 0 Å². The number of carbonyl (C=O) groups is 1. The molecule has 0 saturated carbocycles. The number of anilines is 1. The average molecular weight is 476 g/mol. The molecule has 32 heavy (non-hydrogen) atoms. The van der Waals surface area contributed by atoms with Crippen molar-refractivity contribution in [1.29, 1.82) is 5.26 Å². The zero-order valence-electron chi connectivity index (χ0n) is 17.0. The predicted molar refractivity (Wildman–Crippen MR) is 119 cm³/mol. The number of carbonyl (C=O) groups excluding carboxylic acids is 1. The van der Waals surface area contributed by atoms with Crippen molar-refractivity contribution in [3.05, 3.63) is 87.6 Å². The number of rotatable bonds is 5. The van der Waals surface area contributed by atoms with Crippen molar-refractivity contribution in [3.63, 3.8) is 0 Å². The van der Waals surface area contributed by atoms with Gasteiger partial charge in [0, 0.05) is 5.69 Å². The number of hydrogen-bond acceptors (Lipinski definition) is 4. The molecule has 1 atom stereocenters. The molecule has 1 N–H and O–H groups in total. The van der Waals surface area contributed by atoms with E-state index in [9.17, 15) is 23.2 Å². The number of nitrogens with one attached hydrogen (secondary N) is 1. The summed E-state index contributed by atoms with van der Waals surface area (Å²) in [5, 5.41) is 11.5. The van der Waals surface area contributed by atoms with Gasteiger partial charge in [-0.3, -0.25) is 4.79 Å². The van der Waals surface area contributed by atoms with Crippen LogP contribution in [0.15, 0.2) is 59.6 Å². The third-order valence-corrected chi connectivity index (χ3v) is 6.11. The zero-order chi connectivity index (χ0) is 23.5. The van der Waals surface area contributed by atoms with E-state index in [0.717, 1.165) is 35.5 Å². The van der Waals surface area contributed by atoms with Gasteiger partial charge in [-0.1, -0.05) is 53.7 Å². The van der Waals surface area contributed by atoms with Crippen molar-refractivity contribution in [2.75, 3.05) is 5.32 Å². The van der Waals surface area contributed by atoms with E-state index in [4.69, 9.17) is 11.6 Å². The molecule has 0 aliphatic rings. The minimum Gasteiger partial charge on any atom is -0.323 e. The SMILES string of the molecule is Cc1cc(C)c(C#N)c(S[C@H](C(=O)Nc2cc(C(F)(F)F)ccc2Cl)c2ccccc2)n1. The maximum Gasteiger partial charge on any atom is 0.416 e. The van der Waals surface area contributed by atoms with E-state index in [1.165, 1.54) is 0 Å². The Labute approximate surface area is 192 Å². The smallest absolute Gasteiger partial charge is 0.323 e. The Morgan fingerprint density at radius 2 is 1.84 bits per heavy atom. The lowest BCUT2D eigenvalue weighted by atomic mass is 10.1. The molecule has 3 rings (SSSR count). The molecule has 0 spiro atoms. The van der Waals surface area contributed by atoms with Crippen LogP contribution in [0.3, 0.4) is 0 Å². The fourth-order valence-corrected chi connectivity index (χ4v) is 4.40. The van der Waals surface area contributed by atoms with E-state index in [1.807, 2.05) is 0 Å². The van der Waals surface area contributed by atoms with Gasteiger partial charge in [-0.2, -0.15) is 18.4 Å². The molecular formula is C23H17ClF3N3OS. The average Bonchev–Trinajstić information content (AvgIpc) is 2.73. The topological polar surface area (TPSA) is 65.8 Å². The van der Waals surface area contributed by atoms with E-state index in [2.05, 4.69) is 16.4 Å². The number of nitriles is 1. The summed E-state index contributed by atoms with van der Waals surface area (Å²) in [7, 11) is 0. The Morgan fingerprint density at radius 1 is 1.16 bits per heavy atom. The molecule has 3 aromatic rings. The molecule has 4 nitrogen and oxygen atoms in total. The number of aryl methyl sites for hydroxylation is 2. The summed E-state index contributed by atoms with van der Waals surface area (Å²) in [5.74, 6) is -0.590. The monoisotopic (exact) mass is 475 g/mol. The Bertz CT molecular complexity index is 1190. The van der Waals surface area contributed by atoms with E-state index < -0.39 is 22.9 Å². The van der Waals surface area contributed by atoms with Crippen molar-refractivity contribution in [1.82, 2.24) is 4.98 Å². The van der Waals surface area contributed by atoms with Gasteiger partial charge < -0.3 is 5.32 Å². The molecule has 1 amide bonds. The minimum absolute atomic E-state index is 0.0228. The Hall–Kier alpha value is -3.02. The summed E-state index contributed by atoms with van der Waals surface area (Å²) in [6.07, 6.45) is -4.58. The van der Waals surface area contributed by atoms with Gasteiger partial charge in [0.2, 0.25) is 5.91 Å². The third kappa shape index (κ3) is 5.42. The van der Waals surface area contributed by atoms with Gasteiger partial charge in [0.25, 0.3) is 0 Å². The van der Waals surface area contributed by atoms with Gasteiger partial charge in [-0.05, 0) is 49.2 Å². The number of aromatic nitrogens is 1. The maximum atomic E-state index is 13.2. The van der Waals surface area contributed by atoms with Crippen LogP contribution in [0.4, 0.5) is 18.9 Å². The lowest BCUT2D eigenvalue weighted by Crippen LogP contribution is -2.20. The molecule has 0 radical (unpaired) electrons. The Morgan fingerprint density at radius 3 is 2.47 bits per heavy atom. The minimum atomic E-state index is -4.58. The first-order chi connectivity index (χ1) is 15.1. The van der Waals surface area contributed by atoms with Crippen LogP contribution in [0.2, 0.25) is 5.02 Å². The number of pyridine rings is 1. The van der Waals surface area contributed by atoms with E-state index in [0.29, 0.717) is 21.8 Å². The highest BCUT2D eigenvalue weighted by atomic mass is 35.5. The van der Waals surface area contributed by atoms with Gasteiger partial charge in [0.15, 0.2) is 0 Å². The van der Waals surface area contributed by atoms with E-state index in [-0.39, 0.29) is 10.7 Å². The fraction of sp³-hybridized carbons (Fsp3) is 0.174. The highest BCUT2D eigenvalue weighted by molar-refractivity contribution is 8.00. The van der Waals surface area contributed by atoms with Crippen LogP contribution >= 0.6 is 23.4 Å². The summed E-state index contributed by atoms with van der Waals surface area (Å²) in [6, 6.07) is 15.3. The number of alkyl halides is 3. The van der Waals surface area contributed by atoms with Crippen LogP contribution in [-0.2, 0) is 11.0 Å². The van der Waals surface area contributed by atoms with Gasteiger partial charge >= 0.3 is 6.18 Å². The molecule has 0 aliphatic carbocycles. The Kier molecular flexibility index (Phi) is 7.12. The predicted octanol–water partition coefficient (Wildman–Crippen LogP) is 6.71. The molecule has 0 unspecified atom stereocenters. The van der Waals surface area contributed by atoms with Gasteiger partial charge in [-0.15, -0.1) is 0 Å². The summed E-state index contributed by atoms with van der Waals surface area (Å²) in [6.45, 7) is 3.55. The molecule has 2 aromatic carbocycles. The number of nitrogens with zero attached hydrogens (tertiary/aromatic N) is 2. The Balaban J connectivity index is 2.00. The lowest BCUT2D eigenvalue weighted by Gasteiger charge is -2.19. The molecule has 9 heteroatoms. The molecule has 0 fully saturated rings. The second-order valence-electron chi connectivity index (χ2n) is 6.96. The fourth-order valence-electron chi connectivity index (χ4n) is 3.03. The second kappa shape index (κ2) is 9.63. The lowest BCUT2D eigenvalue weighted by molar-refractivity contribution is -0.137. The molecule has 0 aliphatic heterocycles. The van der Waals surface area contributed by atoms with Crippen molar-refractivity contribution in [2.24, 2.45) is 0 Å². The molecule has 0 saturated heterocycles. The first kappa shape index (κ1) is 23.6. The van der Waals surface area contributed by atoms with Crippen molar-refractivity contribution in [3.8, 4) is 6.07 Å². The molecule has 0 bridgehead atoms. The summed E-state index contributed by atoms with van der Waals surface area (Å²) >= 11 is 7.10. The van der Waals surface area contributed by atoms with Gasteiger partial charge in [-0.25, -0.2) is 4.98 Å². The highest BCUT2D eigenvalue weighted by Crippen LogP contribution is 2.39. The zero-order valence-corrected chi connectivity index (χ0v) is 18.6. The first-order valence-corrected chi connectivity index (χ1v) is 10.6. The molecule has 1 aromatic heterocycles. The number of thioether (sulfide) groups is 1. The molecule has 1 heterocycles. The van der Waals surface area contributed by atoms with E-state index in [1.54, 1.807) is 50.2 Å². The number of amides is 1. The summed E-state index contributed by atoms with van der Waals surface area (Å²) in [5.41, 5.74) is 1.26.